The zero-order valence-corrected chi connectivity index (χ0v) is 9.98. The number of hydrogen-bond acceptors (Lipinski definition) is 5. The lowest BCUT2D eigenvalue weighted by molar-refractivity contribution is 0.0852. The van der Waals surface area contributed by atoms with Gasteiger partial charge < -0.3 is 5.73 Å². The maximum atomic E-state index is 11.7. The van der Waals surface area contributed by atoms with Gasteiger partial charge in [0.25, 0.3) is 5.91 Å². The van der Waals surface area contributed by atoms with Crippen LogP contribution in [0, 0.1) is 0 Å². The average Bonchev–Trinajstić information content (AvgIpc) is 2.16. The summed E-state index contributed by atoms with van der Waals surface area (Å²) in [6, 6.07) is 0. The molecule has 88 valence electrons. The van der Waals surface area contributed by atoms with Gasteiger partial charge in [0.2, 0.25) is 0 Å². The van der Waals surface area contributed by atoms with Crippen molar-refractivity contribution < 1.29 is 4.79 Å². The Morgan fingerprint density at radius 2 is 2.12 bits per heavy atom. The summed E-state index contributed by atoms with van der Waals surface area (Å²) in [5.41, 5.74) is 8.75. The minimum absolute atomic E-state index is 0.159. The van der Waals surface area contributed by atoms with Crippen molar-refractivity contribution in [3.05, 3.63) is 17.7 Å². The van der Waals surface area contributed by atoms with Gasteiger partial charge in [0.15, 0.2) is 5.69 Å². The Kier molecular flexibility index (Phi) is 3.78. The number of carbonyl (C=O) groups is 1. The molecule has 1 heterocycles. The highest BCUT2D eigenvalue weighted by atomic mass is 16.2. The third-order valence-electron chi connectivity index (χ3n) is 1.89. The summed E-state index contributed by atoms with van der Waals surface area (Å²) in [7, 11) is 3.44. The lowest BCUT2D eigenvalue weighted by Gasteiger charge is -2.13. The van der Waals surface area contributed by atoms with Crippen molar-refractivity contribution in [2.75, 3.05) is 19.8 Å². The Hall–Kier alpha value is -1.69. The Balaban J connectivity index is 3.02. The largest absolute Gasteiger partial charge is 0.396 e. The molecule has 3 N–H and O–H groups in total. The van der Waals surface area contributed by atoms with Crippen LogP contribution >= 0.6 is 0 Å². The summed E-state index contributed by atoms with van der Waals surface area (Å²) in [6.07, 6.45) is 1.47. The first-order chi connectivity index (χ1) is 7.41. The molecule has 0 aliphatic carbocycles. The number of hydrogen-bond donors (Lipinski definition) is 2. The number of anilines is 1. The molecule has 0 fully saturated rings. The van der Waals surface area contributed by atoms with Crippen LogP contribution in [0.4, 0.5) is 5.69 Å². The van der Waals surface area contributed by atoms with E-state index >= 15 is 0 Å². The quantitative estimate of drug-likeness (QED) is 0.724. The van der Waals surface area contributed by atoms with Crippen molar-refractivity contribution in [1.29, 1.82) is 0 Å². The van der Waals surface area contributed by atoms with Crippen LogP contribution in [0.3, 0.4) is 0 Å². The van der Waals surface area contributed by atoms with Gasteiger partial charge in [-0.3, -0.25) is 10.2 Å². The second kappa shape index (κ2) is 4.89. The van der Waals surface area contributed by atoms with E-state index in [1.807, 2.05) is 13.8 Å². The van der Waals surface area contributed by atoms with E-state index < -0.39 is 0 Å². The van der Waals surface area contributed by atoms with Crippen LogP contribution in [0.15, 0.2) is 6.20 Å². The average molecular weight is 223 g/mol. The number of carbonyl (C=O) groups excluding carboxylic acids is 1. The Bertz CT molecular complexity index is 389. The van der Waals surface area contributed by atoms with Gasteiger partial charge in [0.1, 0.15) is 5.82 Å². The van der Waals surface area contributed by atoms with E-state index in [1.54, 1.807) is 19.1 Å². The maximum absolute atomic E-state index is 11.7. The molecule has 6 nitrogen and oxygen atoms in total. The van der Waals surface area contributed by atoms with E-state index in [9.17, 15) is 4.79 Å². The minimum atomic E-state index is -0.327. The summed E-state index contributed by atoms with van der Waals surface area (Å²) in [5, 5.41) is 1.54. The summed E-state index contributed by atoms with van der Waals surface area (Å²) in [5.74, 6) is 0.441. The first-order valence-electron chi connectivity index (χ1n) is 5.02. The van der Waals surface area contributed by atoms with Crippen LogP contribution in [0.1, 0.15) is 36.1 Å². The highest BCUT2D eigenvalue weighted by Gasteiger charge is 2.14. The highest BCUT2D eigenvalue weighted by molar-refractivity contribution is 5.96. The number of nitrogens with one attached hydrogen (secondary N) is 1. The molecule has 0 aromatic carbocycles. The minimum Gasteiger partial charge on any atom is -0.396 e. The van der Waals surface area contributed by atoms with E-state index in [0.717, 1.165) is 0 Å². The Morgan fingerprint density at radius 3 is 2.62 bits per heavy atom. The molecule has 0 unspecified atom stereocenters. The van der Waals surface area contributed by atoms with Gasteiger partial charge in [-0.05, 0) is 0 Å². The van der Waals surface area contributed by atoms with E-state index in [2.05, 4.69) is 15.4 Å². The number of hydrazine groups is 1. The molecule has 1 aromatic heterocycles. The Labute approximate surface area is 94.8 Å². The number of aromatic nitrogens is 2. The molecule has 0 spiro atoms. The SMILES string of the molecule is CC(C)c1ncc(N)c(C(=O)NN(C)C)n1. The van der Waals surface area contributed by atoms with Crippen LogP contribution < -0.4 is 11.2 Å². The summed E-state index contributed by atoms with van der Waals surface area (Å²) < 4.78 is 0. The molecule has 1 aromatic rings. The van der Waals surface area contributed by atoms with Crippen molar-refractivity contribution in [2.45, 2.75) is 19.8 Å². The number of nitrogen functional groups attached to an aromatic ring is 1. The number of nitrogens with two attached hydrogens (primary N) is 1. The van der Waals surface area contributed by atoms with Gasteiger partial charge in [-0.1, -0.05) is 13.8 Å². The summed E-state index contributed by atoms with van der Waals surface area (Å²) >= 11 is 0. The number of amides is 1. The monoisotopic (exact) mass is 223 g/mol. The lowest BCUT2D eigenvalue weighted by atomic mass is 10.2. The molecule has 0 atom stereocenters. The van der Waals surface area contributed by atoms with Gasteiger partial charge >= 0.3 is 0 Å². The smallest absolute Gasteiger partial charge is 0.286 e. The van der Waals surface area contributed by atoms with Crippen molar-refractivity contribution in [2.24, 2.45) is 0 Å². The number of nitrogens with zero attached hydrogens (tertiary/aromatic N) is 3. The van der Waals surface area contributed by atoms with Gasteiger partial charge in [-0.2, -0.15) is 0 Å². The summed E-state index contributed by atoms with van der Waals surface area (Å²) in [4.78, 5) is 19.9. The number of rotatable bonds is 3. The van der Waals surface area contributed by atoms with Gasteiger partial charge in [-0.15, -0.1) is 0 Å². The second-order valence-electron chi connectivity index (χ2n) is 4.02. The highest BCUT2D eigenvalue weighted by Crippen LogP contribution is 2.13. The third-order valence-corrected chi connectivity index (χ3v) is 1.89. The molecule has 1 rings (SSSR count). The van der Waals surface area contributed by atoms with Crippen molar-refractivity contribution in [1.82, 2.24) is 20.4 Å². The van der Waals surface area contributed by atoms with Crippen molar-refractivity contribution in [3.63, 3.8) is 0 Å². The van der Waals surface area contributed by atoms with Gasteiger partial charge in [-0.25, -0.2) is 15.0 Å². The zero-order chi connectivity index (χ0) is 12.3. The topological polar surface area (TPSA) is 84.1 Å². The van der Waals surface area contributed by atoms with E-state index in [4.69, 9.17) is 5.73 Å². The molecule has 0 radical (unpaired) electrons. The molecule has 1 amide bonds. The predicted octanol–water partition coefficient (Wildman–Crippen LogP) is 0.389. The van der Waals surface area contributed by atoms with Crippen LogP contribution in [0.5, 0.6) is 0 Å². The standard InChI is InChI=1S/C10H17N5O/c1-6(2)9-12-5-7(11)8(13-9)10(16)14-15(3)4/h5-6H,11H2,1-4H3,(H,14,16). The molecular weight excluding hydrogens is 206 g/mol. The van der Waals surface area contributed by atoms with Crippen molar-refractivity contribution in [3.8, 4) is 0 Å². The molecule has 0 bridgehead atoms. The third kappa shape index (κ3) is 2.90. The molecule has 16 heavy (non-hydrogen) atoms. The second-order valence-corrected chi connectivity index (χ2v) is 4.02. The van der Waals surface area contributed by atoms with Crippen LogP contribution in [-0.4, -0.2) is 35.0 Å². The molecule has 0 aliphatic rings. The fourth-order valence-electron chi connectivity index (χ4n) is 1.12. The van der Waals surface area contributed by atoms with Gasteiger partial charge in [0, 0.05) is 20.0 Å². The molecule has 0 aliphatic heterocycles. The molecule has 0 saturated carbocycles. The molecule has 6 heteroatoms. The van der Waals surface area contributed by atoms with E-state index in [0.29, 0.717) is 5.82 Å². The van der Waals surface area contributed by atoms with Crippen LogP contribution in [0.2, 0.25) is 0 Å². The molecular formula is C10H17N5O. The predicted molar refractivity (Wildman–Crippen MR) is 61.7 cm³/mol. The van der Waals surface area contributed by atoms with Gasteiger partial charge in [0.05, 0.1) is 11.9 Å². The lowest BCUT2D eigenvalue weighted by Crippen LogP contribution is -2.37. The van der Waals surface area contributed by atoms with Crippen molar-refractivity contribution >= 4 is 11.6 Å². The Morgan fingerprint density at radius 1 is 1.50 bits per heavy atom. The molecule has 0 saturated heterocycles. The van der Waals surface area contributed by atoms with Crippen LogP contribution in [0.25, 0.3) is 0 Å². The van der Waals surface area contributed by atoms with E-state index in [-0.39, 0.29) is 23.2 Å². The van der Waals surface area contributed by atoms with E-state index in [1.165, 1.54) is 6.20 Å². The van der Waals surface area contributed by atoms with Crippen LogP contribution in [-0.2, 0) is 0 Å². The maximum Gasteiger partial charge on any atom is 0.286 e. The first-order valence-corrected chi connectivity index (χ1v) is 5.02. The fourth-order valence-corrected chi connectivity index (χ4v) is 1.12. The first kappa shape index (κ1) is 12.4. The zero-order valence-electron chi connectivity index (χ0n) is 9.98. The fraction of sp³-hybridized carbons (Fsp3) is 0.500. The summed E-state index contributed by atoms with van der Waals surface area (Å²) in [6.45, 7) is 3.91. The normalized spacial score (nSPS) is 10.9.